The molecule has 0 aliphatic carbocycles. The average molecular weight is 699 g/mol. The summed E-state index contributed by atoms with van der Waals surface area (Å²) >= 11 is 0. The van der Waals surface area contributed by atoms with Crippen molar-refractivity contribution >= 4 is 60.3 Å². The van der Waals surface area contributed by atoms with Gasteiger partial charge in [0, 0.05) is 39.5 Å². The van der Waals surface area contributed by atoms with Crippen molar-refractivity contribution in [2.24, 2.45) is 0 Å². The van der Waals surface area contributed by atoms with Gasteiger partial charge in [-0.15, -0.1) is 0 Å². The average Bonchev–Trinajstić information content (AvgIpc) is 3.93. The molecule has 0 saturated carbocycles. The maximum absolute atomic E-state index is 6.30. The number of para-hydroxylation sites is 1. The number of hydrogen-bond acceptors (Lipinski definition) is 3. The Morgan fingerprint density at radius 1 is 0.500 bits per heavy atom. The fraction of sp³-hybridized carbons (Fsp3) is 0.0200. The number of furan rings is 2. The molecule has 54 heavy (non-hydrogen) atoms. The van der Waals surface area contributed by atoms with Gasteiger partial charge in [-0.2, -0.15) is 0 Å². The Hall–Kier alpha value is -7.17. The van der Waals surface area contributed by atoms with E-state index in [4.69, 9.17) is 13.8 Å². The molecule has 0 saturated heterocycles. The molecule has 0 N–H and O–H groups in total. The van der Waals surface area contributed by atoms with E-state index < -0.39 is 0 Å². The molecule has 0 fully saturated rings. The van der Waals surface area contributed by atoms with Gasteiger partial charge in [0.25, 0.3) is 0 Å². The second kappa shape index (κ2) is 14.8. The molecule has 0 aliphatic rings. The summed E-state index contributed by atoms with van der Waals surface area (Å²) in [5, 5.41) is 6.74. The lowest BCUT2D eigenvalue weighted by Crippen LogP contribution is -1.83. The summed E-state index contributed by atoms with van der Waals surface area (Å²) in [6.07, 6.45) is 13.0. The number of imidazole rings is 1. The van der Waals surface area contributed by atoms with Crippen LogP contribution in [0.3, 0.4) is 0 Å². The number of pyridine rings is 1. The van der Waals surface area contributed by atoms with Crippen molar-refractivity contribution in [3.8, 4) is 33.5 Å². The van der Waals surface area contributed by atoms with E-state index in [1.54, 1.807) is 18.2 Å². The lowest BCUT2D eigenvalue weighted by Gasteiger charge is -2.08. The van der Waals surface area contributed by atoms with Crippen LogP contribution in [0.1, 0.15) is 6.92 Å². The molecule has 0 radical (unpaired) electrons. The SMILES string of the molecule is C=C/C=C\C.C=CC=C.c1cc(-c2ccc3cc(-c4ccc5oc6cc7c(cc6c5c4)oc4ccccc47)ccc3c2)cc(-c2cn3ccccc3n2)c1. The Morgan fingerprint density at radius 2 is 1.09 bits per heavy atom. The van der Waals surface area contributed by atoms with Gasteiger partial charge in [-0.05, 0) is 101 Å². The number of hydrogen-bond donors (Lipinski definition) is 0. The van der Waals surface area contributed by atoms with Crippen LogP contribution < -0.4 is 0 Å². The molecule has 4 aromatic heterocycles. The van der Waals surface area contributed by atoms with Crippen LogP contribution >= 0.6 is 0 Å². The van der Waals surface area contributed by atoms with Crippen molar-refractivity contribution in [1.82, 2.24) is 9.38 Å². The first-order chi connectivity index (χ1) is 26.6. The minimum Gasteiger partial charge on any atom is -0.456 e. The fourth-order valence-corrected chi connectivity index (χ4v) is 6.85. The van der Waals surface area contributed by atoms with Crippen molar-refractivity contribution in [1.29, 1.82) is 0 Å². The molecule has 0 atom stereocenters. The summed E-state index contributed by atoms with van der Waals surface area (Å²) in [6, 6.07) is 46.9. The molecule has 6 aromatic carbocycles. The molecule has 0 spiro atoms. The van der Waals surface area contributed by atoms with Crippen LogP contribution in [0.25, 0.3) is 93.8 Å². The van der Waals surface area contributed by atoms with Gasteiger partial charge in [-0.1, -0.05) is 123 Å². The van der Waals surface area contributed by atoms with E-state index in [-0.39, 0.29) is 0 Å². The zero-order valence-electron chi connectivity index (χ0n) is 30.1. The second-order valence-corrected chi connectivity index (χ2v) is 12.9. The normalized spacial score (nSPS) is 11.2. The monoisotopic (exact) mass is 698 g/mol. The maximum atomic E-state index is 6.30. The van der Waals surface area contributed by atoms with E-state index in [0.717, 1.165) is 66.3 Å². The highest BCUT2D eigenvalue weighted by Crippen LogP contribution is 2.38. The number of benzene rings is 6. The zero-order chi connectivity index (χ0) is 37.0. The van der Waals surface area contributed by atoms with E-state index in [1.165, 1.54) is 27.5 Å². The quantitative estimate of drug-likeness (QED) is 0.168. The van der Waals surface area contributed by atoms with Gasteiger partial charge in [0.1, 0.15) is 28.0 Å². The van der Waals surface area contributed by atoms with Gasteiger partial charge >= 0.3 is 0 Å². The Balaban J connectivity index is 0.000000416. The van der Waals surface area contributed by atoms with E-state index in [9.17, 15) is 0 Å². The van der Waals surface area contributed by atoms with E-state index in [2.05, 4.69) is 127 Å². The Morgan fingerprint density at radius 3 is 1.76 bits per heavy atom. The Labute approximate surface area is 313 Å². The molecule has 4 nitrogen and oxygen atoms in total. The first kappa shape index (κ1) is 33.9. The summed E-state index contributed by atoms with van der Waals surface area (Å²) in [5.74, 6) is 0. The van der Waals surface area contributed by atoms with Crippen LogP contribution in [0.5, 0.6) is 0 Å². The minimum atomic E-state index is 0.873. The van der Waals surface area contributed by atoms with E-state index in [0.29, 0.717) is 0 Å². The highest BCUT2D eigenvalue weighted by Gasteiger charge is 2.14. The van der Waals surface area contributed by atoms with E-state index >= 15 is 0 Å². The van der Waals surface area contributed by atoms with Crippen LogP contribution in [0, 0.1) is 0 Å². The fourth-order valence-electron chi connectivity index (χ4n) is 6.85. The highest BCUT2D eigenvalue weighted by molar-refractivity contribution is 6.15. The largest absolute Gasteiger partial charge is 0.456 e. The first-order valence-corrected chi connectivity index (χ1v) is 17.9. The van der Waals surface area contributed by atoms with Crippen LogP contribution in [0.2, 0.25) is 0 Å². The third-order valence-electron chi connectivity index (χ3n) is 9.49. The molecule has 0 bridgehead atoms. The lowest BCUT2D eigenvalue weighted by molar-refractivity contribution is 0.664. The first-order valence-electron chi connectivity index (χ1n) is 17.9. The smallest absolute Gasteiger partial charge is 0.137 e. The molecule has 4 heteroatoms. The van der Waals surface area contributed by atoms with Gasteiger partial charge in [-0.3, -0.25) is 0 Å². The lowest BCUT2D eigenvalue weighted by atomic mass is 9.96. The molecule has 0 unspecified atom stereocenters. The zero-order valence-corrected chi connectivity index (χ0v) is 30.1. The maximum Gasteiger partial charge on any atom is 0.137 e. The molecule has 10 aromatic rings. The molecule has 4 heterocycles. The van der Waals surface area contributed by atoms with Crippen molar-refractivity contribution < 1.29 is 8.83 Å². The van der Waals surface area contributed by atoms with Gasteiger partial charge in [0.05, 0.1) is 5.69 Å². The summed E-state index contributed by atoms with van der Waals surface area (Å²) in [4.78, 5) is 4.81. The van der Waals surface area contributed by atoms with Crippen molar-refractivity contribution in [3.05, 3.63) is 196 Å². The standard InChI is InChI=1S/C41H24N2O2.C5H8.C4H6/c1-2-9-37-32(8-1)34-22-40-35(23-39(34)44-37)33-21-30(15-16-38(33)45-40)29-14-13-27-18-26(11-12-28(27)19-29)25-6-5-7-31(20-25)36-24-43-17-4-3-10-41(43)42-36;1-3-5-4-2;1-3-4-2/h1-24H;3-5H,1H2,2H3;3-4H,1-2H2/b;5-4-;. The van der Waals surface area contributed by atoms with Gasteiger partial charge in [-0.25, -0.2) is 4.98 Å². The number of nitrogens with zero attached hydrogens (tertiary/aromatic N) is 2. The summed E-state index contributed by atoms with van der Waals surface area (Å²) in [7, 11) is 0. The molecular formula is C50H38N2O2. The van der Waals surface area contributed by atoms with Gasteiger partial charge in [0.2, 0.25) is 0 Å². The van der Waals surface area contributed by atoms with Crippen molar-refractivity contribution in [2.45, 2.75) is 6.92 Å². The third kappa shape index (κ3) is 6.53. The van der Waals surface area contributed by atoms with Crippen LogP contribution in [0.15, 0.2) is 205 Å². The third-order valence-corrected chi connectivity index (χ3v) is 9.49. The van der Waals surface area contributed by atoms with E-state index in [1.807, 2.05) is 61.7 Å². The molecule has 0 aliphatic heterocycles. The molecule has 0 amide bonds. The number of allylic oxidation sites excluding steroid dienone is 5. The van der Waals surface area contributed by atoms with Crippen LogP contribution in [0.4, 0.5) is 0 Å². The number of fused-ring (bicyclic) bond motifs is 8. The summed E-state index contributed by atoms with van der Waals surface area (Å²) < 4.78 is 14.5. The second-order valence-electron chi connectivity index (χ2n) is 12.9. The van der Waals surface area contributed by atoms with Gasteiger partial charge in [0.15, 0.2) is 0 Å². The predicted molar refractivity (Wildman–Crippen MR) is 229 cm³/mol. The molecular weight excluding hydrogens is 661 g/mol. The van der Waals surface area contributed by atoms with Gasteiger partial charge < -0.3 is 13.2 Å². The number of aromatic nitrogens is 2. The summed E-state index contributed by atoms with van der Waals surface area (Å²) in [6.45, 7) is 12.1. The predicted octanol–water partition coefficient (Wildman–Crippen LogP) is 14.4. The van der Waals surface area contributed by atoms with Crippen molar-refractivity contribution in [3.63, 3.8) is 0 Å². The topological polar surface area (TPSA) is 43.6 Å². The Bertz CT molecular complexity index is 2980. The molecule has 260 valence electrons. The van der Waals surface area contributed by atoms with Crippen LogP contribution in [-0.2, 0) is 0 Å². The summed E-state index contributed by atoms with van der Waals surface area (Å²) in [5.41, 5.74) is 11.2. The number of rotatable bonds is 5. The molecule has 10 rings (SSSR count). The Kier molecular flexibility index (Phi) is 9.32. The van der Waals surface area contributed by atoms with Crippen LogP contribution in [-0.4, -0.2) is 9.38 Å². The minimum absolute atomic E-state index is 0.873. The highest BCUT2D eigenvalue weighted by atomic mass is 16.3. The van der Waals surface area contributed by atoms with Crippen molar-refractivity contribution in [2.75, 3.05) is 0 Å².